The number of thioether (sulfide) groups is 1. The van der Waals surface area contributed by atoms with E-state index in [1.807, 2.05) is 75.4 Å². The Labute approximate surface area is 176 Å². The molecule has 5 nitrogen and oxygen atoms in total. The second-order valence-electron chi connectivity index (χ2n) is 8.42. The van der Waals surface area contributed by atoms with E-state index in [9.17, 15) is 14.7 Å². The summed E-state index contributed by atoms with van der Waals surface area (Å²) in [6.07, 6.45) is 0.312. The molecule has 1 saturated heterocycles. The lowest BCUT2D eigenvalue weighted by Gasteiger charge is -2.30. The SMILES string of the molecule is CC(C)(C)CC(=O)N1C(C(=O)O)CSC1c1ccc(OCc2ccccc2)cc1. The van der Waals surface area contributed by atoms with Crippen molar-refractivity contribution in [3.05, 3.63) is 65.7 Å². The standard InChI is InChI=1S/C23H27NO4S/c1-23(2,3)13-20(25)24-19(22(26)27)15-29-21(24)17-9-11-18(12-10-17)28-14-16-7-5-4-6-8-16/h4-12,19,21H,13-15H2,1-3H3,(H,26,27). The number of amides is 1. The molecule has 2 aromatic carbocycles. The zero-order chi connectivity index (χ0) is 21.0. The summed E-state index contributed by atoms with van der Waals surface area (Å²) < 4.78 is 5.83. The molecule has 0 radical (unpaired) electrons. The van der Waals surface area contributed by atoms with Gasteiger partial charge in [-0.15, -0.1) is 11.8 Å². The smallest absolute Gasteiger partial charge is 0.327 e. The van der Waals surface area contributed by atoms with Crippen molar-refractivity contribution in [2.45, 2.75) is 45.2 Å². The number of benzene rings is 2. The van der Waals surface area contributed by atoms with E-state index >= 15 is 0 Å². The molecule has 2 unspecified atom stereocenters. The number of hydrogen-bond acceptors (Lipinski definition) is 4. The number of ether oxygens (including phenoxy) is 1. The third kappa shape index (κ3) is 5.54. The molecule has 6 heteroatoms. The normalized spacial score (nSPS) is 19.2. The molecule has 1 fully saturated rings. The van der Waals surface area contributed by atoms with Gasteiger partial charge in [-0.3, -0.25) is 4.79 Å². The Balaban J connectivity index is 1.73. The fraction of sp³-hybridized carbons (Fsp3) is 0.391. The lowest BCUT2D eigenvalue weighted by atomic mass is 9.91. The van der Waals surface area contributed by atoms with Gasteiger partial charge in [0.15, 0.2) is 0 Å². The largest absolute Gasteiger partial charge is 0.489 e. The zero-order valence-electron chi connectivity index (χ0n) is 17.0. The van der Waals surface area contributed by atoms with Gasteiger partial charge in [-0.25, -0.2) is 4.79 Å². The lowest BCUT2D eigenvalue weighted by molar-refractivity contribution is -0.150. The molecule has 1 aliphatic heterocycles. The summed E-state index contributed by atoms with van der Waals surface area (Å²) >= 11 is 1.49. The van der Waals surface area contributed by atoms with Gasteiger partial charge in [0.2, 0.25) is 5.91 Å². The van der Waals surface area contributed by atoms with E-state index in [0.717, 1.165) is 16.9 Å². The first-order valence-electron chi connectivity index (χ1n) is 9.67. The van der Waals surface area contributed by atoms with Crippen LogP contribution < -0.4 is 4.74 Å². The predicted molar refractivity (Wildman–Crippen MR) is 115 cm³/mol. The van der Waals surface area contributed by atoms with Gasteiger partial charge in [-0.1, -0.05) is 63.2 Å². The monoisotopic (exact) mass is 413 g/mol. The van der Waals surface area contributed by atoms with Crippen molar-refractivity contribution >= 4 is 23.6 Å². The van der Waals surface area contributed by atoms with Gasteiger partial charge in [-0.05, 0) is 28.7 Å². The molecule has 0 saturated carbocycles. The summed E-state index contributed by atoms with van der Waals surface area (Å²) in [5.74, 6) is 0.0552. The molecule has 0 bridgehead atoms. The molecule has 2 aromatic rings. The van der Waals surface area contributed by atoms with Gasteiger partial charge in [0.05, 0.1) is 0 Å². The molecule has 154 valence electrons. The van der Waals surface area contributed by atoms with Crippen LogP contribution in [0.15, 0.2) is 54.6 Å². The Morgan fingerprint density at radius 1 is 1.10 bits per heavy atom. The summed E-state index contributed by atoms with van der Waals surface area (Å²) in [5, 5.41) is 9.29. The fourth-order valence-electron chi connectivity index (χ4n) is 3.27. The predicted octanol–water partition coefficient (Wildman–Crippen LogP) is 4.73. The number of rotatable bonds is 6. The molecule has 1 aliphatic rings. The Morgan fingerprint density at radius 2 is 1.76 bits per heavy atom. The van der Waals surface area contributed by atoms with E-state index in [-0.39, 0.29) is 16.7 Å². The second-order valence-corrected chi connectivity index (χ2v) is 9.53. The Bertz CT molecular complexity index is 845. The van der Waals surface area contributed by atoms with E-state index < -0.39 is 12.0 Å². The van der Waals surface area contributed by atoms with E-state index in [1.54, 1.807) is 0 Å². The first-order valence-corrected chi connectivity index (χ1v) is 10.7. The van der Waals surface area contributed by atoms with E-state index in [0.29, 0.717) is 18.8 Å². The number of hydrogen-bond donors (Lipinski definition) is 1. The highest BCUT2D eigenvalue weighted by Gasteiger charge is 2.42. The number of carbonyl (C=O) groups excluding carboxylic acids is 1. The molecule has 1 heterocycles. The van der Waals surface area contributed by atoms with Gasteiger partial charge in [0.25, 0.3) is 0 Å². The van der Waals surface area contributed by atoms with Crippen molar-refractivity contribution in [3.8, 4) is 5.75 Å². The van der Waals surface area contributed by atoms with Gasteiger partial charge in [0, 0.05) is 12.2 Å². The van der Waals surface area contributed by atoms with Gasteiger partial charge >= 0.3 is 5.97 Å². The molecular formula is C23H27NO4S. The van der Waals surface area contributed by atoms with Crippen molar-refractivity contribution < 1.29 is 19.4 Å². The summed E-state index contributed by atoms with van der Waals surface area (Å²) in [5.41, 5.74) is 1.80. The summed E-state index contributed by atoms with van der Waals surface area (Å²) in [7, 11) is 0. The minimum Gasteiger partial charge on any atom is -0.489 e. The van der Waals surface area contributed by atoms with Crippen molar-refractivity contribution in [1.29, 1.82) is 0 Å². The summed E-state index contributed by atoms with van der Waals surface area (Å²) in [4.78, 5) is 26.2. The van der Waals surface area contributed by atoms with Crippen LogP contribution in [0, 0.1) is 5.41 Å². The van der Waals surface area contributed by atoms with Gasteiger partial charge in [-0.2, -0.15) is 0 Å². The van der Waals surface area contributed by atoms with Crippen LogP contribution in [0.25, 0.3) is 0 Å². The third-order valence-corrected chi connectivity index (χ3v) is 5.99. The zero-order valence-corrected chi connectivity index (χ0v) is 17.8. The molecule has 1 N–H and O–H groups in total. The molecule has 0 spiro atoms. The first-order chi connectivity index (χ1) is 13.7. The van der Waals surface area contributed by atoms with Crippen LogP contribution in [0.5, 0.6) is 5.75 Å². The maximum Gasteiger partial charge on any atom is 0.327 e. The summed E-state index contributed by atoms with van der Waals surface area (Å²) in [6.45, 7) is 6.43. The van der Waals surface area contributed by atoms with Crippen LogP contribution in [0.2, 0.25) is 0 Å². The lowest BCUT2D eigenvalue weighted by Crippen LogP contribution is -2.44. The molecular weight excluding hydrogens is 386 g/mol. The number of nitrogens with zero attached hydrogens (tertiary/aromatic N) is 1. The minimum atomic E-state index is -0.954. The van der Waals surface area contributed by atoms with Crippen LogP contribution in [-0.2, 0) is 16.2 Å². The molecule has 3 rings (SSSR count). The van der Waals surface area contributed by atoms with Crippen LogP contribution in [0.1, 0.15) is 43.7 Å². The average Bonchev–Trinajstić information content (AvgIpc) is 3.12. The highest BCUT2D eigenvalue weighted by Crippen LogP contribution is 2.43. The highest BCUT2D eigenvalue weighted by molar-refractivity contribution is 7.99. The average molecular weight is 414 g/mol. The molecule has 0 aliphatic carbocycles. The van der Waals surface area contributed by atoms with Crippen LogP contribution >= 0.6 is 11.8 Å². The van der Waals surface area contributed by atoms with Crippen molar-refractivity contribution in [2.24, 2.45) is 5.41 Å². The molecule has 0 aromatic heterocycles. The highest BCUT2D eigenvalue weighted by atomic mass is 32.2. The van der Waals surface area contributed by atoms with Crippen molar-refractivity contribution in [2.75, 3.05) is 5.75 Å². The molecule has 1 amide bonds. The maximum absolute atomic E-state index is 12.9. The topological polar surface area (TPSA) is 66.8 Å². The minimum absolute atomic E-state index is 0.121. The number of carboxylic acid groups (broad SMARTS) is 1. The number of carbonyl (C=O) groups is 2. The van der Waals surface area contributed by atoms with Crippen LogP contribution in [-0.4, -0.2) is 33.7 Å². The second kappa shape index (κ2) is 8.91. The number of aliphatic carboxylic acids is 1. The fourth-order valence-corrected chi connectivity index (χ4v) is 4.72. The van der Waals surface area contributed by atoms with E-state index in [2.05, 4.69) is 0 Å². The van der Waals surface area contributed by atoms with Gasteiger partial charge in [0.1, 0.15) is 23.8 Å². The molecule has 29 heavy (non-hydrogen) atoms. The maximum atomic E-state index is 12.9. The third-order valence-electron chi connectivity index (χ3n) is 4.67. The van der Waals surface area contributed by atoms with Crippen LogP contribution in [0.4, 0.5) is 0 Å². The number of carboxylic acids is 1. The Kier molecular flexibility index (Phi) is 6.52. The Hall–Kier alpha value is -2.47. The molecule has 2 atom stereocenters. The first kappa shape index (κ1) is 21.2. The Morgan fingerprint density at radius 3 is 2.34 bits per heavy atom. The van der Waals surface area contributed by atoms with Crippen molar-refractivity contribution in [1.82, 2.24) is 4.90 Å². The van der Waals surface area contributed by atoms with E-state index in [1.165, 1.54) is 16.7 Å². The van der Waals surface area contributed by atoms with Crippen LogP contribution in [0.3, 0.4) is 0 Å². The van der Waals surface area contributed by atoms with E-state index in [4.69, 9.17) is 4.74 Å². The van der Waals surface area contributed by atoms with Crippen molar-refractivity contribution in [3.63, 3.8) is 0 Å². The van der Waals surface area contributed by atoms with Gasteiger partial charge < -0.3 is 14.7 Å². The summed E-state index contributed by atoms with van der Waals surface area (Å²) in [6, 6.07) is 16.7. The quantitative estimate of drug-likeness (QED) is 0.742.